The van der Waals surface area contributed by atoms with Crippen LogP contribution in [-0.4, -0.2) is 41.7 Å². The van der Waals surface area contributed by atoms with Crippen molar-refractivity contribution in [1.82, 2.24) is 4.90 Å². The maximum Gasteiger partial charge on any atom is 0.326 e. The Morgan fingerprint density at radius 1 is 1.43 bits per heavy atom. The van der Waals surface area contributed by atoms with Gasteiger partial charge in [0.1, 0.15) is 17.6 Å². The molecule has 6 nitrogen and oxygen atoms in total. The zero-order valence-electron chi connectivity index (χ0n) is 11.6. The van der Waals surface area contributed by atoms with Crippen molar-refractivity contribution in [1.29, 1.82) is 0 Å². The van der Waals surface area contributed by atoms with Crippen LogP contribution in [0.5, 0.6) is 5.75 Å². The number of anilines is 1. The first-order chi connectivity index (χ1) is 10.0. The summed E-state index contributed by atoms with van der Waals surface area (Å²) in [5.41, 5.74) is 0.304. The number of rotatable bonds is 3. The van der Waals surface area contributed by atoms with Crippen LogP contribution in [0.4, 0.5) is 14.9 Å². The van der Waals surface area contributed by atoms with Gasteiger partial charge in [-0.25, -0.2) is 14.0 Å². The number of amides is 2. The summed E-state index contributed by atoms with van der Waals surface area (Å²) in [6.07, 6.45) is 1.97. The Balaban J connectivity index is 2.15. The molecule has 7 heteroatoms. The van der Waals surface area contributed by atoms with Crippen LogP contribution in [0.25, 0.3) is 0 Å². The molecule has 0 radical (unpaired) electrons. The summed E-state index contributed by atoms with van der Waals surface area (Å²) in [5.74, 6) is -1.31. The SMILES string of the molecule is COc1cc(F)ccc1NC(=O)N1CCCCC1C(=O)O. The summed E-state index contributed by atoms with van der Waals surface area (Å²) in [5, 5.41) is 11.7. The van der Waals surface area contributed by atoms with Crippen molar-refractivity contribution >= 4 is 17.7 Å². The van der Waals surface area contributed by atoms with Crippen LogP contribution >= 0.6 is 0 Å². The van der Waals surface area contributed by atoms with E-state index in [0.29, 0.717) is 18.7 Å². The summed E-state index contributed by atoms with van der Waals surface area (Å²) in [7, 11) is 1.37. The van der Waals surface area contributed by atoms with E-state index in [1.807, 2.05) is 0 Å². The van der Waals surface area contributed by atoms with Crippen LogP contribution in [-0.2, 0) is 4.79 Å². The number of hydrogen-bond donors (Lipinski definition) is 2. The minimum absolute atomic E-state index is 0.187. The molecule has 1 fully saturated rings. The third-order valence-electron chi connectivity index (χ3n) is 3.45. The van der Waals surface area contributed by atoms with Gasteiger partial charge >= 0.3 is 12.0 Å². The highest BCUT2D eigenvalue weighted by atomic mass is 19.1. The van der Waals surface area contributed by atoms with Gasteiger partial charge in [-0.05, 0) is 31.4 Å². The van der Waals surface area contributed by atoms with Crippen LogP contribution in [0.15, 0.2) is 18.2 Å². The molecule has 0 aromatic heterocycles. The molecule has 1 heterocycles. The van der Waals surface area contributed by atoms with Crippen molar-refractivity contribution in [2.45, 2.75) is 25.3 Å². The van der Waals surface area contributed by atoms with Gasteiger partial charge in [0.2, 0.25) is 0 Å². The number of nitrogens with one attached hydrogen (secondary N) is 1. The topological polar surface area (TPSA) is 78.9 Å². The first kappa shape index (κ1) is 15.1. The van der Waals surface area contributed by atoms with E-state index < -0.39 is 23.9 Å². The number of hydrogen-bond acceptors (Lipinski definition) is 3. The predicted octanol–water partition coefficient (Wildman–Crippen LogP) is 2.31. The highest BCUT2D eigenvalue weighted by Crippen LogP contribution is 2.26. The van der Waals surface area contributed by atoms with E-state index in [9.17, 15) is 14.0 Å². The summed E-state index contributed by atoms with van der Waals surface area (Å²) in [6, 6.07) is 2.38. The van der Waals surface area contributed by atoms with Gasteiger partial charge in [-0.1, -0.05) is 0 Å². The number of benzene rings is 1. The van der Waals surface area contributed by atoms with E-state index in [2.05, 4.69) is 5.32 Å². The number of piperidine rings is 1. The highest BCUT2D eigenvalue weighted by molar-refractivity contribution is 5.93. The first-order valence-corrected chi connectivity index (χ1v) is 6.67. The minimum Gasteiger partial charge on any atom is -0.494 e. The second-order valence-electron chi connectivity index (χ2n) is 4.82. The molecule has 1 aliphatic rings. The molecule has 2 amide bonds. The fourth-order valence-electron chi connectivity index (χ4n) is 2.39. The average molecular weight is 296 g/mol. The van der Waals surface area contributed by atoms with E-state index in [0.717, 1.165) is 18.9 Å². The summed E-state index contributed by atoms with van der Waals surface area (Å²) < 4.78 is 18.1. The number of urea groups is 1. The van der Waals surface area contributed by atoms with Crippen LogP contribution < -0.4 is 10.1 Å². The summed E-state index contributed by atoms with van der Waals surface area (Å²) in [6.45, 7) is 0.381. The fourth-order valence-corrected chi connectivity index (χ4v) is 2.39. The van der Waals surface area contributed by atoms with Crippen LogP contribution in [0.3, 0.4) is 0 Å². The van der Waals surface area contributed by atoms with Crippen molar-refractivity contribution in [3.05, 3.63) is 24.0 Å². The number of methoxy groups -OCH3 is 1. The van der Waals surface area contributed by atoms with Crippen molar-refractivity contribution < 1.29 is 23.8 Å². The van der Waals surface area contributed by atoms with Crippen molar-refractivity contribution in [3.63, 3.8) is 0 Å². The molecule has 0 saturated carbocycles. The Labute approximate surface area is 121 Å². The number of nitrogens with zero attached hydrogens (tertiary/aromatic N) is 1. The highest BCUT2D eigenvalue weighted by Gasteiger charge is 2.32. The average Bonchev–Trinajstić information content (AvgIpc) is 2.48. The molecule has 1 aliphatic heterocycles. The van der Waals surface area contributed by atoms with Crippen LogP contribution in [0, 0.1) is 5.82 Å². The molecule has 1 unspecified atom stereocenters. The van der Waals surface area contributed by atoms with E-state index in [-0.39, 0.29) is 5.75 Å². The molecule has 0 bridgehead atoms. The molecular formula is C14H17FN2O4. The normalized spacial score (nSPS) is 18.2. The van der Waals surface area contributed by atoms with Gasteiger partial charge in [0.15, 0.2) is 0 Å². The lowest BCUT2D eigenvalue weighted by Gasteiger charge is -2.33. The number of carboxylic acids is 1. The van der Waals surface area contributed by atoms with E-state index >= 15 is 0 Å². The van der Waals surface area contributed by atoms with Crippen LogP contribution in [0.2, 0.25) is 0 Å². The van der Waals surface area contributed by atoms with Crippen molar-refractivity contribution in [2.24, 2.45) is 0 Å². The lowest BCUT2D eigenvalue weighted by Crippen LogP contribution is -2.49. The maximum absolute atomic E-state index is 13.1. The maximum atomic E-state index is 13.1. The van der Waals surface area contributed by atoms with Gasteiger partial charge in [-0.15, -0.1) is 0 Å². The summed E-state index contributed by atoms with van der Waals surface area (Å²) >= 11 is 0. The number of likely N-dealkylation sites (tertiary alicyclic amines) is 1. The largest absolute Gasteiger partial charge is 0.494 e. The minimum atomic E-state index is -1.02. The number of halogens is 1. The second-order valence-corrected chi connectivity index (χ2v) is 4.82. The van der Waals surface area contributed by atoms with Gasteiger partial charge < -0.3 is 20.1 Å². The standard InChI is InChI=1S/C14H17FN2O4/c1-21-12-8-9(15)5-6-10(12)16-14(20)17-7-3-2-4-11(17)13(18)19/h5-6,8,11H,2-4,7H2,1H3,(H,16,20)(H,18,19). The van der Waals surface area contributed by atoms with Crippen LogP contribution in [0.1, 0.15) is 19.3 Å². The molecule has 2 rings (SSSR count). The molecule has 1 aromatic rings. The molecule has 21 heavy (non-hydrogen) atoms. The molecule has 0 aliphatic carbocycles. The Bertz CT molecular complexity index is 550. The third-order valence-corrected chi connectivity index (χ3v) is 3.45. The Morgan fingerprint density at radius 2 is 2.19 bits per heavy atom. The zero-order valence-corrected chi connectivity index (χ0v) is 11.6. The van der Waals surface area contributed by atoms with E-state index in [1.54, 1.807) is 0 Å². The van der Waals surface area contributed by atoms with Crippen molar-refractivity contribution in [3.8, 4) is 5.75 Å². The first-order valence-electron chi connectivity index (χ1n) is 6.67. The molecular weight excluding hydrogens is 279 g/mol. The number of carboxylic acid groups (broad SMARTS) is 1. The molecule has 1 atom stereocenters. The lowest BCUT2D eigenvalue weighted by atomic mass is 10.0. The molecule has 114 valence electrons. The van der Waals surface area contributed by atoms with Gasteiger partial charge in [0, 0.05) is 12.6 Å². The van der Waals surface area contributed by atoms with E-state index in [4.69, 9.17) is 9.84 Å². The smallest absolute Gasteiger partial charge is 0.326 e. The number of carbonyl (C=O) groups excluding carboxylic acids is 1. The Hall–Kier alpha value is -2.31. The second kappa shape index (κ2) is 6.43. The lowest BCUT2D eigenvalue weighted by molar-refractivity contribution is -0.143. The zero-order chi connectivity index (χ0) is 15.4. The fraction of sp³-hybridized carbons (Fsp3) is 0.429. The Morgan fingerprint density at radius 3 is 2.86 bits per heavy atom. The monoisotopic (exact) mass is 296 g/mol. The van der Waals surface area contributed by atoms with E-state index in [1.165, 1.54) is 24.1 Å². The predicted molar refractivity (Wildman–Crippen MR) is 74.0 cm³/mol. The number of carbonyl (C=O) groups is 2. The number of aliphatic carboxylic acids is 1. The summed E-state index contributed by atoms with van der Waals surface area (Å²) in [4.78, 5) is 24.7. The van der Waals surface area contributed by atoms with Gasteiger partial charge in [-0.2, -0.15) is 0 Å². The number of ether oxygens (including phenoxy) is 1. The molecule has 0 spiro atoms. The van der Waals surface area contributed by atoms with Gasteiger partial charge in [-0.3, -0.25) is 0 Å². The quantitative estimate of drug-likeness (QED) is 0.897. The molecule has 2 N–H and O–H groups in total. The molecule has 1 aromatic carbocycles. The van der Waals surface area contributed by atoms with Gasteiger partial charge in [0.25, 0.3) is 0 Å². The van der Waals surface area contributed by atoms with Gasteiger partial charge in [0.05, 0.1) is 12.8 Å². The molecule has 1 saturated heterocycles. The van der Waals surface area contributed by atoms with Crippen molar-refractivity contribution in [2.75, 3.05) is 19.0 Å². The third kappa shape index (κ3) is 3.42. The Kier molecular flexibility index (Phi) is 4.62.